The molecule has 0 saturated heterocycles. The Morgan fingerprint density at radius 2 is 1.79 bits per heavy atom. The number of aryl methyl sites for hydroxylation is 2. The van der Waals surface area contributed by atoms with Crippen LogP contribution in [0, 0.1) is 13.8 Å². The van der Waals surface area contributed by atoms with Crippen molar-refractivity contribution in [3.05, 3.63) is 53.5 Å². The summed E-state index contributed by atoms with van der Waals surface area (Å²) in [6.07, 6.45) is 0. The highest BCUT2D eigenvalue weighted by Gasteiger charge is 2.28. The van der Waals surface area contributed by atoms with Crippen LogP contribution in [0.2, 0.25) is 0 Å². The minimum absolute atomic E-state index is 0.0384. The van der Waals surface area contributed by atoms with Gasteiger partial charge in [-0.3, -0.25) is 0 Å². The summed E-state index contributed by atoms with van der Waals surface area (Å²) in [5.41, 5.74) is -0.180. The zero-order chi connectivity index (χ0) is 18.0. The minimum atomic E-state index is -3.37. The van der Waals surface area contributed by atoms with Gasteiger partial charge in [0.2, 0.25) is 0 Å². The molecule has 2 atom stereocenters. The van der Waals surface area contributed by atoms with Gasteiger partial charge in [0.05, 0.1) is 10.6 Å². The maximum absolute atomic E-state index is 12.4. The summed E-state index contributed by atoms with van der Waals surface area (Å²) in [6, 6.07) is 10.0. The molecule has 132 valence electrons. The molecule has 1 heterocycles. The predicted octanol–water partition coefficient (Wildman–Crippen LogP) is 2.56. The van der Waals surface area contributed by atoms with Crippen molar-refractivity contribution in [2.75, 3.05) is 12.3 Å². The fourth-order valence-electron chi connectivity index (χ4n) is 2.41. The van der Waals surface area contributed by atoms with Crippen LogP contribution in [-0.4, -0.2) is 31.9 Å². The monoisotopic (exact) mass is 351 g/mol. The van der Waals surface area contributed by atoms with E-state index < -0.39 is 15.4 Å². The number of sulfone groups is 1. The molecule has 0 amide bonds. The normalized spacial score (nSPS) is 15.9. The van der Waals surface area contributed by atoms with Gasteiger partial charge in [0, 0.05) is 12.6 Å². The Kier molecular flexibility index (Phi) is 5.52. The second-order valence-corrected chi connectivity index (χ2v) is 8.59. The quantitative estimate of drug-likeness (QED) is 0.801. The van der Waals surface area contributed by atoms with Crippen LogP contribution in [0.5, 0.6) is 0 Å². The minimum Gasteiger partial charge on any atom is -0.463 e. The Morgan fingerprint density at radius 3 is 2.33 bits per heavy atom. The van der Waals surface area contributed by atoms with Gasteiger partial charge in [-0.15, -0.1) is 0 Å². The molecule has 2 aromatic rings. The van der Waals surface area contributed by atoms with E-state index in [-0.39, 0.29) is 18.3 Å². The van der Waals surface area contributed by atoms with Crippen molar-refractivity contribution in [1.82, 2.24) is 5.32 Å². The summed E-state index contributed by atoms with van der Waals surface area (Å²) >= 11 is 0. The zero-order valence-electron chi connectivity index (χ0n) is 14.5. The van der Waals surface area contributed by atoms with Gasteiger partial charge in [0.1, 0.15) is 17.1 Å². The third-order valence-electron chi connectivity index (χ3n) is 3.92. The molecule has 0 aliphatic carbocycles. The number of furan rings is 1. The predicted molar refractivity (Wildman–Crippen MR) is 93.7 cm³/mol. The lowest BCUT2D eigenvalue weighted by Gasteiger charge is -2.24. The van der Waals surface area contributed by atoms with Crippen molar-refractivity contribution >= 4 is 9.84 Å². The Labute approximate surface area is 143 Å². The van der Waals surface area contributed by atoms with Crippen molar-refractivity contribution in [1.29, 1.82) is 0 Å². The summed E-state index contributed by atoms with van der Waals surface area (Å²) in [5, 5.41) is 13.6. The van der Waals surface area contributed by atoms with E-state index in [2.05, 4.69) is 5.32 Å². The highest BCUT2D eigenvalue weighted by atomic mass is 32.2. The number of rotatable bonds is 7. The summed E-state index contributed by atoms with van der Waals surface area (Å²) in [7, 11) is -3.37. The van der Waals surface area contributed by atoms with Gasteiger partial charge in [-0.05, 0) is 52.0 Å². The summed E-state index contributed by atoms with van der Waals surface area (Å²) in [4.78, 5) is 0.315. The molecule has 0 radical (unpaired) electrons. The third-order valence-corrected chi connectivity index (χ3v) is 5.84. The van der Waals surface area contributed by atoms with E-state index in [0.717, 1.165) is 11.3 Å². The Morgan fingerprint density at radius 1 is 1.17 bits per heavy atom. The molecule has 2 N–H and O–H groups in total. The fourth-order valence-corrected chi connectivity index (χ4v) is 3.93. The lowest BCUT2D eigenvalue weighted by molar-refractivity contribution is 0.0319. The standard InChI is InChI=1S/C18H25NO4S/c1-13-5-8-16(9-6-13)24(21,22)11-14(2)19-12-18(4,20)17-10-7-15(3)23-17/h5-10,14,19-20H,11-12H2,1-4H3/t14-,18-/m0/s1. The molecular weight excluding hydrogens is 326 g/mol. The first kappa shape index (κ1) is 18.7. The SMILES string of the molecule is Cc1ccc(S(=O)(=O)C[C@H](C)NC[C@](C)(O)c2ccc(C)o2)cc1. The van der Waals surface area contributed by atoms with Crippen molar-refractivity contribution in [3.8, 4) is 0 Å². The molecule has 6 heteroatoms. The van der Waals surface area contributed by atoms with Gasteiger partial charge in [-0.25, -0.2) is 8.42 Å². The molecule has 24 heavy (non-hydrogen) atoms. The zero-order valence-corrected chi connectivity index (χ0v) is 15.4. The van der Waals surface area contributed by atoms with E-state index in [9.17, 15) is 13.5 Å². The van der Waals surface area contributed by atoms with E-state index >= 15 is 0 Å². The van der Waals surface area contributed by atoms with Crippen LogP contribution >= 0.6 is 0 Å². The number of aliphatic hydroxyl groups is 1. The number of hydrogen-bond donors (Lipinski definition) is 2. The molecule has 0 aliphatic heterocycles. The molecular formula is C18H25NO4S. The highest BCUT2D eigenvalue weighted by Crippen LogP contribution is 2.22. The lowest BCUT2D eigenvalue weighted by Crippen LogP contribution is -2.42. The van der Waals surface area contributed by atoms with Gasteiger partial charge >= 0.3 is 0 Å². The smallest absolute Gasteiger partial charge is 0.179 e. The van der Waals surface area contributed by atoms with Crippen LogP contribution in [0.3, 0.4) is 0 Å². The van der Waals surface area contributed by atoms with Crippen molar-refractivity contribution in [2.24, 2.45) is 0 Å². The molecule has 0 aliphatic rings. The van der Waals surface area contributed by atoms with Crippen LogP contribution in [0.25, 0.3) is 0 Å². The van der Waals surface area contributed by atoms with Gasteiger partial charge in [0.15, 0.2) is 9.84 Å². The second kappa shape index (κ2) is 7.09. The summed E-state index contributed by atoms with van der Waals surface area (Å²) in [6.45, 7) is 7.35. The van der Waals surface area contributed by atoms with Crippen LogP contribution in [0.15, 0.2) is 45.7 Å². The van der Waals surface area contributed by atoms with Crippen LogP contribution in [0.1, 0.15) is 30.9 Å². The number of hydrogen-bond acceptors (Lipinski definition) is 5. The largest absolute Gasteiger partial charge is 0.463 e. The van der Waals surface area contributed by atoms with Crippen LogP contribution in [-0.2, 0) is 15.4 Å². The summed E-state index contributed by atoms with van der Waals surface area (Å²) in [5.74, 6) is 1.14. The molecule has 1 aromatic carbocycles. The molecule has 2 rings (SSSR count). The van der Waals surface area contributed by atoms with E-state index in [0.29, 0.717) is 10.7 Å². The molecule has 0 saturated carbocycles. The van der Waals surface area contributed by atoms with E-state index in [1.54, 1.807) is 50.2 Å². The third kappa shape index (κ3) is 4.69. The first-order valence-electron chi connectivity index (χ1n) is 7.92. The number of benzene rings is 1. The van der Waals surface area contributed by atoms with Crippen molar-refractivity contribution in [2.45, 2.75) is 44.2 Å². The van der Waals surface area contributed by atoms with Gasteiger partial charge in [0.25, 0.3) is 0 Å². The van der Waals surface area contributed by atoms with Crippen LogP contribution in [0.4, 0.5) is 0 Å². The first-order chi connectivity index (χ1) is 11.1. The molecule has 0 bridgehead atoms. The van der Waals surface area contributed by atoms with E-state index in [1.807, 2.05) is 13.8 Å². The van der Waals surface area contributed by atoms with Gasteiger partial charge < -0.3 is 14.8 Å². The van der Waals surface area contributed by atoms with Gasteiger partial charge in [-0.2, -0.15) is 0 Å². The first-order valence-corrected chi connectivity index (χ1v) is 9.57. The molecule has 0 spiro atoms. The molecule has 0 unspecified atom stereocenters. The van der Waals surface area contributed by atoms with Crippen LogP contribution < -0.4 is 5.32 Å². The van der Waals surface area contributed by atoms with E-state index in [4.69, 9.17) is 4.42 Å². The molecule has 0 fully saturated rings. The Hall–Kier alpha value is -1.63. The second-order valence-electron chi connectivity index (χ2n) is 6.56. The average molecular weight is 351 g/mol. The van der Waals surface area contributed by atoms with Crippen molar-refractivity contribution < 1.29 is 17.9 Å². The molecule has 1 aromatic heterocycles. The average Bonchev–Trinajstić information content (AvgIpc) is 2.93. The lowest BCUT2D eigenvalue weighted by atomic mass is 10.0. The molecule has 5 nitrogen and oxygen atoms in total. The van der Waals surface area contributed by atoms with Crippen molar-refractivity contribution in [3.63, 3.8) is 0 Å². The highest BCUT2D eigenvalue weighted by molar-refractivity contribution is 7.91. The maximum Gasteiger partial charge on any atom is 0.179 e. The van der Waals surface area contributed by atoms with E-state index in [1.165, 1.54) is 0 Å². The maximum atomic E-state index is 12.4. The topological polar surface area (TPSA) is 79.5 Å². The van der Waals surface area contributed by atoms with Gasteiger partial charge in [-0.1, -0.05) is 17.7 Å². The Bertz CT molecular complexity index is 776. The number of nitrogens with one attached hydrogen (secondary N) is 1. The summed E-state index contributed by atoms with van der Waals surface area (Å²) < 4.78 is 30.3. The Balaban J connectivity index is 1.97. The fraction of sp³-hybridized carbons (Fsp3) is 0.444.